The molecule has 2 N–H and O–H groups in total. The Hall–Kier alpha value is -0.900. The van der Waals surface area contributed by atoms with Crippen molar-refractivity contribution in [3.63, 3.8) is 0 Å². The molecular weight excluding hydrogens is 248 g/mol. The average molecular weight is 276 g/mol. The molecule has 1 saturated heterocycles. The lowest BCUT2D eigenvalue weighted by molar-refractivity contribution is 0.0757. The number of nitrogens with two attached hydrogens (primary N) is 1. The largest absolute Gasteiger partial charge is 0.384 e. The molecule has 0 saturated carbocycles. The van der Waals surface area contributed by atoms with Crippen molar-refractivity contribution in [1.82, 2.24) is 4.90 Å². The molecule has 0 unspecified atom stereocenters. The summed E-state index contributed by atoms with van der Waals surface area (Å²) in [4.78, 5) is 2.55. The zero-order valence-corrected chi connectivity index (χ0v) is 13.0. The van der Waals surface area contributed by atoms with E-state index in [0.29, 0.717) is 11.8 Å². The molecule has 2 rings (SSSR count). The van der Waals surface area contributed by atoms with Gasteiger partial charge < -0.3 is 15.4 Å². The van der Waals surface area contributed by atoms with Crippen molar-refractivity contribution in [3.05, 3.63) is 35.9 Å². The number of likely N-dealkylation sites (tertiary alicyclic amines) is 1. The first kappa shape index (κ1) is 15.5. The molecule has 1 aliphatic heterocycles. The maximum absolute atomic E-state index is 5.99. The Bertz CT molecular complexity index is 405. The van der Waals surface area contributed by atoms with Gasteiger partial charge in [-0.1, -0.05) is 44.2 Å². The third-order valence-corrected chi connectivity index (χ3v) is 4.23. The smallest absolute Gasteiger partial charge is 0.0525 e. The van der Waals surface area contributed by atoms with Gasteiger partial charge in [-0.25, -0.2) is 0 Å². The van der Waals surface area contributed by atoms with Crippen LogP contribution in [0.15, 0.2) is 30.3 Å². The van der Waals surface area contributed by atoms with Crippen LogP contribution in [0.1, 0.15) is 25.3 Å². The van der Waals surface area contributed by atoms with Crippen LogP contribution in [-0.4, -0.2) is 44.8 Å². The third kappa shape index (κ3) is 3.81. The number of ether oxygens (including phenoxy) is 1. The van der Waals surface area contributed by atoms with Crippen molar-refractivity contribution in [2.24, 2.45) is 17.1 Å². The lowest BCUT2D eigenvalue weighted by Crippen LogP contribution is -2.36. The number of benzene rings is 1. The molecule has 3 nitrogen and oxygen atoms in total. The van der Waals surface area contributed by atoms with Crippen molar-refractivity contribution in [2.45, 2.75) is 19.8 Å². The minimum absolute atomic E-state index is 0.194. The molecular formula is C17H28N2O. The molecule has 3 heteroatoms. The Morgan fingerprint density at radius 3 is 2.55 bits per heavy atom. The highest BCUT2D eigenvalue weighted by Gasteiger charge is 2.35. The van der Waals surface area contributed by atoms with E-state index in [2.05, 4.69) is 49.1 Å². The van der Waals surface area contributed by atoms with Crippen LogP contribution in [0.25, 0.3) is 0 Å². The van der Waals surface area contributed by atoms with E-state index in [9.17, 15) is 0 Å². The van der Waals surface area contributed by atoms with E-state index >= 15 is 0 Å². The van der Waals surface area contributed by atoms with E-state index in [-0.39, 0.29) is 5.41 Å². The van der Waals surface area contributed by atoms with Gasteiger partial charge in [-0.05, 0) is 18.0 Å². The van der Waals surface area contributed by atoms with Gasteiger partial charge in [-0.15, -0.1) is 0 Å². The van der Waals surface area contributed by atoms with Crippen LogP contribution in [0, 0.1) is 11.3 Å². The number of rotatable bonds is 6. The van der Waals surface area contributed by atoms with E-state index in [0.717, 1.165) is 32.8 Å². The Balaban J connectivity index is 2.03. The average Bonchev–Trinajstić information content (AvgIpc) is 2.81. The van der Waals surface area contributed by atoms with Crippen molar-refractivity contribution in [3.8, 4) is 0 Å². The first-order valence-corrected chi connectivity index (χ1v) is 7.52. The van der Waals surface area contributed by atoms with Crippen LogP contribution in [0.2, 0.25) is 0 Å². The van der Waals surface area contributed by atoms with Crippen LogP contribution in [-0.2, 0) is 4.74 Å². The predicted molar refractivity (Wildman–Crippen MR) is 83.8 cm³/mol. The molecule has 0 bridgehead atoms. The normalized spacial score (nSPS) is 24.2. The molecule has 0 radical (unpaired) electrons. The maximum Gasteiger partial charge on any atom is 0.0525 e. The summed E-state index contributed by atoms with van der Waals surface area (Å²) in [5.41, 5.74) is 7.61. The quantitative estimate of drug-likeness (QED) is 0.866. The fourth-order valence-electron chi connectivity index (χ4n) is 3.45. The fraction of sp³-hybridized carbons (Fsp3) is 0.647. The van der Waals surface area contributed by atoms with Crippen LogP contribution >= 0.6 is 0 Å². The predicted octanol–water partition coefficient (Wildman–Crippen LogP) is 2.33. The summed E-state index contributed by atoms with van der Waals surface area (Å²) in [6.07, 6.45) is 0. The summed E-state index contributed by atoms with van der Waals surface area (Å²) in [6, 6.07) is 10.8. The molecule has 1 aromatic rings. The van der Waals surface area contributed by atoms with Crippen LogP contribution in [0.5, 0.6) is 0 Å². The minimum Gasteiger partial charge on any atom is -0.384 e. The second kappa shape index (κ2) is 6.70. The molecule has 112 valence electrons. The maximum atomic E-state index is 5.99. The van der Waals surface area contributed by atoms with E-state index in [1.54, 1.807) is 7.11 Å². The van der Waals surface area contributed by atoms with E-state index in [1.165, 1.54) is 5.56 Å². The monoisotopic (exact) mass is 276 g/mol. The summed E-state index contributed by atoms with van der Waals surface area (Å²) < 4.78 is 5.33. The number of hydrogen-bond donors (Lipinski definition) is 1. The summed E-state index contributed by atoms with van der Waals surface area (Å²) in [6.45, 7) is 9.38. The number of nitrogens with zero attached hydrogens (tertiary/aromatic N) is 1. The lowest BCUT2D eigenvalue weighted by atomic mass is 9.89. The minimum atomic E-state index is 0.194. The van der Waals surface area contributed by atoms with Crippen LogP contribution < -0.4 is 5.73 Å². The highest BCUT2D eigenvalue weighted by molar-refractivity contribution is 5.22. The van der Waals surface area contributed by atoms with Crippen molar-refractivity contribution in [2.75, 3.05) is 39.9 Å². The lowest BCUT2D eigenvalue weighted by Gasteiger charge is -2.29. The SMILES string of the molecule is COCC(C)(C)CN1C[C@@H](CN)[C@H](c2ccccc2)C1. The zero-order chi connectivity index (χ0) is 14.6. The van der Waals surface area contributed by atoms with E-state index in [4.69, 9.17) is 10.5 Å². The Labute approximate surface area is 123 Å². The molecule has 0 aliphatic carbocycles. The van der Waals surface area contributed by atoms with Crippen molar-refractivity contribution >= 4 is 0 Å². The molecule has 1 aromatic carbocycles. The van der Waals surface area contributed by atoms with Gasteiger partial charge in [0, 0.05) is 38.1 Å². The van der Waals surface area contributed by atoms with Gasteiger partial charge in [-0.2, -0.15) is 0 Å². The number of hydrogen-bond acceptors (Lipinski definition) is 3. The van der Waals surface area contributed by atoms with Crippen LogP contribution in [0.3, 0.4) is 0 Å². The van der Waals surface area contributed by atoms with Gasteiger partial charge in [0.2, 0.25) is 0 Å². The van der Waals surface area contributed by atoms with Crippen molar-refractivity contribution in [1.29, 1.82) is 0 Å². The zero-order valence-electron chi connectivity index (χ0n) is 13.0. The summed E-state index contributed by atoms with van der Waals surface area (Å²) in [5, 5.41) is 0. The molecule has 0 spiro atoms. The fourth-order valence-corrected chi connectivity index (χ4v) is 3.45. The molecule has 20 heavy (non-hydrogen) atoms. The summed E-state index contributed by atoms with van der Waals surface area (Å²) >= 11 is 0. The third-order valence-electron chi connectivity index (χ3n) is 4.23. The van der Waals surface area contributed by atoms with E-state index < -0.39 is 0 Å². The first-order valence-electron chi connectivity index (χ1n) is 7.52. The molecule has 1 heterocycles. The molecule has 1 fully saturated rings. The first-order chi connectivity index (χ1) is 9.55. The molecule has 0 amide bonds. The van der Waals surface area contributed by atoms with E-state index in [1.807, 2.05) is 0 Å². The highest BCUT2D eigenvalue weighted by Crippen LogP contribution is 2.33. The molecule has 1 aliphatic rings. The summed E-state index contributed by atoms with van der Waals surface area (Å²) in [7, 11) is 1.78. The molecule has 0 aromatic heterocycles. The topological polar surface area (TPSA) is 38.5 Å². The van der Waals surface area contributed by atoms with Gasteiger partial charge in [0.1, 0.15) is 0 Å². The second-order valence-electron chi connectivity index (χ2n) is 6.80. The highest BCUT2D eigenvalue weighted by atomic mass is 16.5. The van der Waals surface area contributed by atoms with Gasteiger partial charge in [-0.3, -0.25) is 0 Å². The Morgan fingerprint density at radius 2 is 1.95 bits per heavy atom. The van der Waals surface area contributed by atoms with Gasteiger partial charge in [0.05, 0.1) is 6.61 Å². The van der Waals surface area contributed by atoms with Gasteiger partial charge >= 0.3 is 0 Å². The number of methoxy groups -OCH3 is 1. The summed E-state index contributed by atoms with van der Waals surface area (Å²) in [5.74, 6) is 1.13. The van der Waals surface area contributed by atoms with Crippen molar-refractivity contribution < 1.29 is 4.74 Å². The Kier molecular flexibility index (Phi) is 5.19. The van der Waals surface area contributed by atoms with Gasteiger partial charge in [0.15, 0.2) is 0 Å². The van der Waals surface area contributed by atoms with Gasteiger partial charge in [0.25, 0.3) is 0 Å². The Morgan fingerprint density at radius 1 is 1.25 bits per heavy atom. The molecule has 2 atom stereocenters. The standard InChI is InChI=1S/C17H28N2O/c1-17(2,13-20-3)12-19-10-15(9-18)16(11-19)14-7-5-4-6-8-14/h4-8,15-16H,9-13,18H2,1-3H3/t15-,16+/m1/s1. The second-order valence-corrected chi connectivity index (χ2v) is 6.80. The van der Waals surface area contributed by atoms with Crippen LogP contribution in [0.4, 0.5) is 0 Å².